The summed E-state index contributed by atoms with van der Waals surface area (Å²) in [5, 5.41) is 2.71. The van der Waals surface area contributed by atoms with Gasteiger partial charge >= 0.3 is 6.03 Å². The lowest BCUT2D eigenvalue weighted by molar-refractivity contribution is -0.134. The van der Waals surface area contributed by atoms with E-state index in [1.54, 1.807) is 24.0 Å². The lowest BCUT2D eigenvalue weighted by Gasteiger charge is -2.29. The van der Waals surface area contributed by atoms with Crippen molar-refractivity contribution in [3.63, 3.8) is 0 Å². The third kappa shape index (κ3) is 3.72. The second kappa shape index (κ2) is 8.03. The number of imide groups is 1. The van der Waals surface area contributed by atoms with Crippen LogP contribution in [-0.4, -0.2) is 35.3 Å². The summed E-state index contributed by atoms with van der Waals surface area (Å²) in [6.07, 6.45) is 0.278. The maximum Gasteiger partial charge on any atom is 0.325 e. The van der Waals surface area contributed by atoms with E-state index < -0.39 is 23.3 Å². The van der Waals surface area contributed by atoms with Crippen molar-refractivity contribution in [2.24, 2.45) is 0 Å². The summed E-state index contributed by atoms with van der Waals surface area (Å²) in [4.78, 5) is 41.3. The van der Waals surface area contributed by atoms with Gasteiger partial charge in [-0.2, -0.15) is 0 Å². The highest BCUT2D eigenvalue weighted by Gasteiger charge is 2.51. The van der Waals surface area contributed by atoms with Crippen LogP contribution in [0.4, 0.5) is 14.9 Å². The molecule has 7 heteroatoms. The van der Waals surface area contributed by atoms with Gasteiger partial charge in [0.2, 0.25) is 5.91 Å². The number of halogens is 1. The summed E-state index contributed by atoms with van der Waals surface area (Å²) in [5.41, 5.74) is -0.126. The molecule has 0 radical (unpaired) electrons. The lowest BCUT2D eigenvalue weighted by Crippen LogP contribution is -2.47. The Labute approximate surface area is 169 Å². The van der Waals surface area contributed by atoms with E-state index in [1.165, 1.54) is 24.3 Å². The fourth-order valence-electron chi connectivity index (χ4n) is 3.67. The fourth-order valence-corrected chi connectivity index (χ4v) is 3.67. The molecule has 1 N–H and O–H groups in total. The van der Waals surface area contributed by atoms with Crippen LogP contribution in [0.3, 0.4) is 0 Å². The Hall–Kier alpha value is -3.22. The molecule has 4 amide bonds. The maximum atomic E-state index is 13.3. The van der Waals surface area contributed by atoms with Crippen molar-refractivity contribution in [1.82, 2.24) is 10.2 Å². The molecular formula is C22H24FN3O3. The van der Waals surface area contributed by atoms with Crippen molar-refractivity contribution in [2.45, 2.75) is 38.8 Å². The first kappa shape index (κ1) is 20.5. The molecule has 0 spiro atoms. The summed E-state index contributed by atoms with van der Waals surface area (Å²) in [6.45, 7) is 5.12. The fraction of sp³-hybridized carbons (Fsp3) is 0.318. The zero-order valence-electron chi connectivity index (χ0n) is 16.7. The Kier molecular flexibility index (Phi) is 5.68. The van der Waals surface area contributed by atoms with Gasteiger partial charge in [0.15, 0.2) is 0 Å². The Morgan fingerprint density at radius 1 is 1.10 bits per heavy atom. The highest BCUT2D eigenvalue weighted by Crippen LogP contribution is 2.32. The van der Waals surface area contributed by atoms with Crippen LogP contribution < -0.4 is 10.2 Å². The van der Waals surface area contributed by atoms with E-state index in [0.717, 1.165) is 4.90 Å². The van der Waals surface area contributed by atoms with Crippen LogP contribution in [0.1, 0.15) is 32.8 Å². The molecule has 1 fully saturated rings. The van der Waals surface area contributed by atoms with Crippen LogP contribution in [0.5, 0.6) is 0 Å². The lowest BCUT2D eigenvalue weighted by atomic mass is 9.87. The predicted molar refractivity (Wildman–Crippen MR) is 108 cm³/mol. The molecule has 0 saturated carbocycles. The number of urea groups is 1. The van der Waals surface area contributed by atoms with E-state index >= 15 is 0 Å². The predicted octanol–water partition coefficient (Wildman–Crippen LogP) is 3.42. The Morgan fingerprint density at radius 2 is 1.72 bits per heavy atom. The van der Waals surface area contributed by atoms with Crippen LogP contribution in [0, 0.1) is 5.82 Å². The first-order valence-electron chi connectivity index (χ1n) is 9.57. The molecule has 2 aromatic rings. The molecule has 2 aromatic carbocycles. The van der Waals surface area contributed by atoms with E-state index in [-0.39, 0.29) is 24.9 Å². The average Bonchev–Trinajstić information content (AvgIpc) is 2.94. The maximum absolute atomic E-state index is 13.3. The molecule has 0 bridgehead atoms. The summed E-state index contributed by atoms with van der Waals surface area (Å²) >= 11 is 0. The molecular weight excluding hydrogens is 373 g/mol. The van der Waals surface area contributed by atoms with E-state index in [1.807, 2.05) is 32.0 Å². The van der Waals surface area contributed by atoms with Gasteiger partial charge in [-0.1, -0.05) is 37.3 Å². The minimum atomic E-state index is -1.31. The van der Waals surface area contributed by atoms with Crippen molar-refractivity contribution in [3.05, 3.63) is 66.0 Å². The number of hydrogen-bond acceptors (Lipinski definition) is 3. The Balaban J connectivity index is 1.87. The SMILES string of the molecule is CCC1(c2ccc(F)cc2)NC(=O)N(CC(=O)N(c2ccccc2)C(C)C)C1=O. The monoisotopic (exact) mass is 397 g/mol. The molecule has 1 unspecified atom stereocenters. The standard InChI is InChI=1S/C22H24FN3O3/c1-4-22(16-10-12-17(23)13-11-16)20(28)25(21(29)24-22)14-19(27)26(15(2)3)18-8-6-5-7-9-18/h5-13,15H,4,14H2,1-3H3,(H,24,29). The van der Waals surface area contributed by atoms with Crippen molar-refractivity contribution in [2.75, 3.05) is 11.4 Å². The molecule has 1 heterocycles. The minimum absolute atomic E-state index is 0.154. The third-order valence-electron chi connectivity index (χ3n) is 5.16. The zero-order valence-corrected chi connectivity index (χ0v) is 16.7. The zero-order chi connectivity index (χ0) is 21.2. The van der Waals surface area contributed by atoms with Gasteiger partial charge in [-0.25, -0.2) is 9.18 Å². The molecule has 0 aromatic heterocycles. The first-order valence-corrected chi connectivity index (χ1v) is 9.57. The van der Waals surface area contributed by atoms with E-state index in [4.69, 9.17) is 0 Å². The summed E-state index contributed by atoms with van der Waals surface area (Å²) in [5.74, 6) is -1.30. The van der Waals surface area contributed by atoms with E-state index in [0.29, 0.717) is 11.3 Å². The average molecular weight is 397 g/mol. The first-order chi connectivity index (χ1) is 13.8. The van der Waals surface area contributed by atoms with Gasteiger partial charge in [-0.05, 0) is 50.1 Å². The van der Waals surface area contributed by atoms with Crippen LogP contribution in [0.2, 0.25) is 0 Å². The van der Waals surface area contributed by atoms with Crippen LogP contribution >= 0.6 is 0 Å². The number of amides is 4. The highest BCUT2D eigenvalue weighted by molar-refractivity contribution is 6.10. The van der Waals surface area contributed by atoms with Gasteiger partial charge in [0.25, 0.3) is 5.91 Å². The van der Waals surface area contributed by atoms with Gasteiger partial charge in [-0.15, -0.1) is 0 Å². The minimum Gasteiger partial charge on any atom is -0.319 e. The van der Waals surface area contributed by atoms with Crippen molar-refractivity contribution in [1.29, 1.82) is 0 Å². The van der Waals surface area contributed by atoms with Crippen LogP contribution in [0.25, 0.3) is 0 Å². The number of nitrogens with one attached hydrogen (secondary N) is 1. The molecule has 1 atom stereocenters. The molecule has 1 saturated heterocycles. The molecule has 0 aliphatic carbocycles. The molecule has 1 aliphatic rings. The van der Waals surface area contributed by atoms with E-state index in [9.17, 15) is 18.8 Å². The van der Waals surface area contributed by atoms with Crippen molar-refractivity contribution in [3.8, 4) is 0 Å². The van der Waals surface area contributed by atoms with Gasteiger partial charge in [0.1, 0.15) is 17.9 Å². The van der Waals surface area contributed by atoms with Gasteiger partial charge in [0.05, 0.1) is 0 Å². The number of nitrogens with zero attached hydrogens (tertiary/aromatic N) is 2. The number of anilines is 1. The van der Waals surface area contributed by atoms with E-state index in [2.05, 4.69) is 5.32 Å². The van der Waals surface area contributed by atoms with Gasteiger partial charge in [-0.3, -0.25) is 14.5 Å². The second-order valence-electron chi connectivity index (χ2n) is 7.28. The number of hydrogen-bond donors (Lipinski definition) is 1. The smallest absolute Gasteiger partial charge is 0.319 e. The third-order valence-corrected chi connectivity index (χ3v) is 5.16. The highest BCUT2D eigenvalue weighted by atomic mass is 19.1. The largest absolute Gasteiger partial charge is 0.325 e. The van der Waals surface area contributed by atoms with Gasteiger partial charge in [0, 0.05) is 11.7 Å². The molecule has 6 nitrogen and oxygen atoms in total. The summed E-state index contributed by atoms with van der Waals surface area (Å²) in [6, 6.07) is 13.8. The van der Waals surface area contributed by atoms with Crippen molar-refractivity contribution >= 4 is 23.5 Å². The topological polar surface area (TPSA) is 69.7 Å². The molecule has 1 aliphatic heterocycles. The number of benzene rings is 2. The van der Waals surface area contributed by atoms with Crippen LogP contribution in [0.15, 0.2) is 54.6 Å². The second-order valence-corrected chi connectivity index (χ2v) is 7.28. The number of carbonyl (C=O) groups is 3. The Bertz CT molecular complexity index is 915. The Morgan fingerprint density at radius 3 is 2.28 bits per heavy atom. The summed E-state index contributed by atoms with van der Waals surface area (Å²) in [7, 11) is 0. The van der Waals surface area contributed by atoms with Crippen molar-refractivity contribution < 1.29 is 18.8 Å². The number of rotatable bonds is 6. The number of carbonyl (C=O) groups excluding carboxylic acids is 3. The normalized spacial score (nSPS) is 18.9. The quantitative estimate of drug-likeness (QED) is 0.760. The summed E-state index contributed by atoms with van der Waals surface area (Å²) < 4.78 is 13.3. The molecule has 152 valence electrons. The van der Waals surface area contributed by atoms with Gasteiger partial charge < -0.3 is 10.2 Å². The molecule has 29 heavy (non-hydrogen) atoms. The number of para-hydroxylation sites is 1. The molecule has 3 rings (SSSR count). The van der Waals surface area contributed by atoms with Crippen LogP contribution in [-0.2, 0) is 15.1 Å².